The lowest BCUT2D eigenvalue weighted by atomic mass is 10.0. The monoisotopic (exact) mass is 308 g/mol. The maximum atomic E-state index is 11.9. The molecular weight excluding hydrogens is 295 g/mol. The van der Waals surface area contributed by atoms with Crippen LogP contribution in [0.4, 0.5) is 0 Å². The number of hydrogen-bond acceptors (Lipinski definition) is 2. The van der Waals surface area contributed by atoms with Crippen LogP contribution in [0.3, 0.4) is 0 Å². The predicted molar refractivity (Wildman–Crippen MR) is 81.5 cm³/mol. The minimum absolute atomic E-state index is 0.159. The summed E-state index contributed by atoms with van der Waals surface area (Å²) in [6.45, 7) is 0. The summed E-state index contributed by atoms with van der Waals surface area (Å²) in [4.78, 5) is 19.2. The van der Waals surface area contributed by atoms with Gasteiger partial charge in [0, 0.05) is 12.0 Å². The van der Waals surface area contributed by atoms with Crippen LogP contribution < -0.4 is 5.56 Å². The van der Waals surface area contributed by atoms with Crippen molar-refractivity contribution in [3.63, 3.8) is 0 Å². The van der Waals surface area contributed by atoms with E-state index in [1.807, 2.05) is 0 Å². The third-order valence-corrected chi connectivity index (χ3v) is 4.36. The number of nitrogens with one attached hydrogen (secondary N) is 1. The second kappa shape index (κ2) is 5.58. The molecule has 104 valence electrons. The summed E-state index contributed by atoms with van der Waals surface area (Å²) in [5.74, 6) is 0.826. The highest BCUT2D eigenvalue weighted by molar-refractivity contribution is 6.38. The van der Waals surface area contributed by atoms with E-state index in [-0.39, 0.29) is 5.56 Å². The molecule has 0 saturated heterocycles. The van der Waals surface area contributed by atoms with Crippen molar-refractivity contribution in [3.8, 4) is 11.4 Å². The summed E-state index contributed by atoms with van der Waals surface area (Å²) >= 11 is 12.4. The molecule has 1 N–H and O–H groups in total. The molecule has 1 heterocycles. The quantitative estimate of drug-likeness (QED) is 0.893. The van der Waals surface area contributed by atoms with Gasteiger partial charge >= 0.3 is 0 Å². The fourth-order valence-corrected chi connectivity index (χ4v) is 3.33. The average Bonchev–Trinajstić information content (AvgIpc) is 2.91. The van der Waals surface area contributed by atoms with Crippen LogP contribution in [0.15, 0.2) is 29.1 Å². The minimum atomic E-state index is -0.159. The van der Waals surface area contributed by atoms with Gasteiger partial charge in [-0.25, -0.2) is 4.98 Å². The van der Waals surface area contributed by atoms with Crippen molar-refractivity contribution in [2.24, 2.45) is 0 Å². The number of H-pyrrole nitrogens is 1. The Bertz CT molecular complexity index is 670. The van der Waals surface area contributed by atoms with Gasteiger partial charge in [-0.15, -0.1) is 0 Å². The van der Waals surface area contributed by atoms with Crippen LogP contribution >= 0.6 is 23.2 Å². The first-order valence-electron chi connectivity index (χ1n) is 6.71. The number of halogens is 2. The van der Waals surface area contributed by atoms with Gasteiger partial charge in [-0.3, -0.25) is 4.79 Å². The molecule has 1 aromatic carbocycles. The first-order valence-corrected chi connectivity index (χ1v) is 7.46. The molecule has 1 aliphatic rings. The number of nitrogens with zero attached hydrogens (tertiary/aromatic N) is 1. The van der Waals surface area contributed by atoms with Gasteiger partial charge in [-0.1, -0.05) is 42.1 Å². The summed E-state index contributed by atoms with van der Waals surface area (Å²) in [7, 11) is 0. The van der Waals surface area contributed by atoms with Crippen molar-refractivity contribution >= 4 is 23.2 Å². The SMILES string of the molecule is O=c1cc(C2CCCC2)nc(-c2c(Cl)cccc2Cl)[nH]1. The van der Waals surface area contributed by atoms with E-state index in [4.69, 9.17) is 23.2 Å². The van der Waals surface area contributed by atoms with E-state index in [0.717, 1.165) is 18.5 Å². The first kappa shape index (κ1) is 13.7. The number of hydrogen-bond donors (Lipinski definition) is 1. The van der Waals surface area contributed by atoms with E-state index in [9.17, 15) is 4.79 Å². The van der Waals surface area contributed by atoms with Gasteiger partial charge in [0.05, 0.1) is 21.3 Å². The van der Waals surface area contributed by atoms with E-state index >= 15 is 0 Å². The van der Waals surface area contributed by atoms with Crippen molar-refractivity contribution in [2.45, 2.75) is 31.6 Å². The Morgan fingerprint density at radius 1 is 1.15 bits per heavy atom. The molecule has 0 atom stereocenters. The summed E-state index contributed by atoms with van der Waals surface area (Å²) in [5, 5.41) is 0.980. The number of aromatic nitrogens is 2. The van der Waals surface area contributed by atoms with Crippen molar-refractivity contribution in [3.05, 3.63) is 50.4 Å². The normalized spacial score (nSPS) is 15.7. The van der Waals surface area contributed by atoms with E-state index in [1.165, 1.54) is 12.8 Å². The molecule has 1 saturated carbocycles. The highest BCUT2D eigenvalue weighted by Gasteiger charge is 2.20. The minimum Gasteiger partial charge on any atom is -0.306 e. The van der Waals surface area contributed by atoms with Crippen LogP contribution in [0.1, 0.15) is 37.3 Å². The van der Waals surface area contributed by atoms with Crippen molar-refractivity contribution in [2.75, 3.05) is 0 Å². The van der Waals surface area contributed by atoms with E-state index in [2.05, 4.69) is 9.97 Å². The van der Waals surface area contributed by atoms with Crippen molar-refractivity contribution in [1.29, 1.82) is 0 Å². The van der Waals surface area contributed by atoms with Gasteiger partial charge in [0.2, 0.25) is 0 Å². The molecule has 0 aliphatic heterocycles. The molecule has 1 fully saturated rings. The third kappa shape index (κ3) is 2.60. The molecule has 5 heteroatoms. The number of aromatic amines is 1. The summed E-state index contributed by atoms with van der Waals surface area (Å²) < 4.78 is 0. The molecule has 0 spiro atoms. The van der Waals surface area contributed by atoms with Crippen LogP contribution in [0.2, 0.25) is 10.0 Å². The maximum Gasteiger partial charge on any atom is 0.251 e. The standard InChI is InChI=1S/C15H14Cl2N2O/c16-10-6-3-7-11(17)14(10)15-18-12(8-13(20)19-15)9-4-1-2-5-9/h3,6-9H,1-2,4-5H2,(H,18,19,20). The Morgan fingerprint density at radius 2 is 1.80 bits per heavy atom. The Balaban J connectivity index is 2.12. The lowest BCUT2D eigenvalue weighted by Gasteiger charge is -2.11. The Morgan fingerprint density at radius 3 is 2.45 bits per heavy atom. The second-order valence-corrected chi connectivity index (χ2v) is 5.91. The van der Waals surface area contributed by atoms with Crippen LogP contribution in [0.25, 0.3) is 11.4 Å². The zero-order valence-corrected chi connectivity index (χ0v) is 12.3. The van der Waals surface area contributed by atoms with E-state index in [1.54, 1.807) is 24.3 Å². The smallest absolute Gasteiger partial charge is 0.251 e. The Kier molecular flexibility index (Phi) is 3.81. The van der Waals surface area contributed by atoms with Crippen molar-refractivity contribution in [1.82, 2.24) is 9.97 Å². The van der Waals surface area contributed by atoms with Gasteiger partial charge in [0.25, 0.3) is 5.56 Å². The van der Waals surface area contributed by atoms with Crippen LogP contribution in [0.5, 0.6) is 0 Å². The maximum absolute atomic E-state index is 11.9. The largest absolute Gasteiger partial charge is 0.306 e. The average molecular weight is 309 g/mol. The zero-order valence-electron chi connectivity index (χ0n) is 10.8. The molecular formula is C15H14Cl2N2O. The molecule has 0 unspecified atom stereocenters. The topological polar surface area (TPSA) is 45.8 Å². The number of rotatable bonds is 2. The first-order chi connectivity index (χ1) is 9.65. The van der Waals surface area contributed by atoms with Crippen LogP contribution in [-0.2, 0) is 0 Å². The molecule has 0 bridgehead atoms. The second-order valence-electron chi connectivity index (χ2n) is 5.10. The molecule has 2 aromatic rings. The van der Waals surface area contributed by atoms with Crippen molar-refractivity contribution < 1.29 is 0 Å². The zero-order chi connectivity index (χ0) is 14.1. The van der Waals surface area contributed by atoms with Crippen LogP contribution in [-0.4, -0.2) is 9.97 Å². The molecule has 1 aromatic heterocycles. The third-order valence-electron chi connectivity index (χ3n) is 3.73. The lowest BCUT2D eigenvalue weighted by molar-refractivity contribution is 0.693. The van der Waals surface area contributed by atoms with E-state index < -0.39 is 0 Å². The fraction of sp³-hybridized carbons (Fsp3) is 0.333. The lowest BCUT2D eigenvalue weighted by Crippen LogP contribution is -2.12. The number of benzene rings is 1. The summed E-state index contributed by atoms with van der Waals surface area (Å²) in [6, 6.07) is 6.84. The van der Waals surface area contributed by atoms with Gasteiger partial charge in [0.15, 0.2) is 0 Å². The molecule has 3 nitrogen and oxygen atoms in total. The summed E-state index contributed by atoms with van der Waals surface area (Å²) in [5.41, 5.74) is 1.28. The fourth-order valence-electron chi connectivity index (χ4n) is 2.75. The highest BCUT2D eigenvalue weighted by Crippen LogP contribution is 2.35. The molecule has 20 heavy (non-hydrogen) atoms. The molecule has 0 amide bonds. The summed E-state index contributed by atoms with van der Waals surface area (Å²) in [6.07, 6.45) is 4.57. The Labute approximate surface area is 127 Å². The molecule has 1 aliphatic carbocycles. The Hall–Kier alpha value is -1.32. The highest BCUT2D eigenvalue weighted by atomic mass is 35.5. The van der Waals surface area contributed by atoms with E-state index in [0.29, 0.717) is 27.4 Å². The van der Waals surface area contributed by atoms with Gasteiger partial charge < -0.3 is 4.98 Å². The van der Waals surface area contributed by atoms with Gasteiger partial charge in [0.1, 0.15) is 5.82 Å². The molecule has 3 rings (SSSR count). The van der Waals surface area contributed by atoms with Crippen LogP contribution in [0, 0.1) is 0 Å². The molecule has 0 radical (unpaired) electrons. The van der Waals surface area contributed by atoms with Gasteiger partial charge in [-0.2, -0.15) is 0 Å². The van der Waals surface area contributed by atoms with Gasteiger partial charge in [-0.05, 0) is 25.0 Å². The predicted octanol–water partition coefficient (Wildman–Crippen LogP) is 4.40.